The first-order valence-corrected chi connectivity index (χ1v) is 6.98. The number of nitrogens with one attached hydrogen (secondary N) is 1. The van der Waals surface area contributed by atoms with Crippen molar-refractivity contribution in [2.45, 2.75) is 38.8 Å². The van der Waals surface area contributed by atoms with E-state index in [0.29, 0.717) is 10.0 Å². The van der Waals surface area contributed by atoms with Gasteiger partial charge in [-0.1, -0.05) is 49.2 Å². The van der Waals surface area contributed by atoms with E-state index in [4.69, 9.17) is 27.9 Å². The van der Waals surface area contributed by atoms with E-state index in [1.807, 2.05) is 12.1 Å². The van der Waals surface area contributed by atoms with Gasteiger partial charge in [0.15, 0.2) is 0 Å². The molecule has 2 nitrogen and oxygen atoms in total. The maximum absolute atomic E-state index is 6.32. The Labute approximate surface area is 120 Å². The number of hydrogen-bond acceptors (Lipinski definition) is 2. The molecule has 0 radical (unpaired) electrons. The average Bonchev–Trinajstić information content (AvgIpc) is 2.39. The molecule has 0 aromatic heterocycles. The SMILES string of the molecule is CCNC(c1cccc(Cl)c1Cl)C(C)(CC)OC. The Morgan fingerprint density at radius 2 is 2.00 bits per heavy atom. The van der Waals surface area contributed by atoms with Gasteiger partial charge in [0.1, 0.15) is 0 Å². The lowest BCUT2D eigenvalue weighted by Crippen LogP contribution is -2.43. The fourth-order valence-electron chi connectivity index (χ4n) is 2.07. The smallest absolute Gasteiger partial charge is 0.0842 e. The fourth-order valence-corrected chi connectivity index (χ4v) is 2.49. The van der Waals surface area contributed by atoms with Crippen LogP contribution in [0.4, 0.5) is 0 Å². The predicted molar refractivity (Wildman–Crippen MR) is 78.6 cm³/mol. The summed E-state index contributed by atoms with van der Waals surface area (Å²) in [6.45, 7) is 7.09. The highest BCUT2D eigenvalue weighted by atomic mass is 35.5. The number of hydrogen-bond donors (Lipinski definition) is 1. The highest BCUT2D eigenvalue weighted by Crippen LogP contribution is 2.37. The van der Waals surface area contributed by atoms with Gasteiger partial charge in [0.25, 0.3) is 0 Å². The fraction of sp³-hybridized carbons (Fsp3) is 0.571. The molecule has 18 heavy (non-hydrogen) atoms. The highest BCUT2D eigenvalue weighted by Gasteiger charge is 2.34. The number of ether oxygens (including phenoxy) is 1. The zero-order valence-corrected chi connectivity index (χ0v) is 12.9. The van der Waals surface area contributed by atoms with Crippen LogP contribution in [0.2, 0.25) is 10.0 Å². The predicted octanol–water partition coefficient (Wildman–Crippen LogP) is 4.46. The van der Waals surface area contributed by atoms with Crippen molar-refractivity contribution in [3.63, 3.8) is 0 Å². The number of likely N-dealkylation sites (N-methyl/N-ethyl adjacent to an activating group) is 1. The third-order valence-electron chi connectivity index (χ3n) is 3.48. The topological polar surface area (TPSA) is 21.3 Å². The van der Waals surface area contributed by atoms with Crippen LogP contribution in [0.3, 0.4) is 0 Å². The molecule has 0 saturated carbocycles. The third-order valence-corrected chi connectivity index (χ3v) is 4.31. The van der Waals surface area contributed by atoms with E-state index in [2.05, 4.69) is 26.1 Å². The van der Waals surface area contributed by atoms with E-state index in [-0.39, 0.29) is 11.6 Å². The monoisotopic (exact) mass is 289 g/mol. The Bertz CT molecular complexity index is 391. The largest absolute Gasteiger partial charge is 0.377 e. The van der Waals surface area contributed by atoms with Crippen molar-refractivity contribution >= 4 is 23.2 Å². The molecule has 1 rings (SSSR count). The molecule has 0 aliphatic carbocycles. The molecule has 0 aliphatic heterocycles. The minimum Gasteiger partial charge on any atom is -0.377 e. The van der Waals surface area contributed by atoms with Crippen LogP contribution in [0.15, 0.2) is 18.2 Å². The van der Waals surface area contributed by atoms with Crippen LogP contribution in [0.5, 0.6) is 0 Å². The molecule has 2 atom stereocenters. The summed E-state index contributed by atoms with van der Waals surface area (Å²) in [7, 11) is 1.73. The van der Waals surface area contributed by atoms with Gasteiger partial charge in [-0.25, -0.2) is 0 Å². The van der Waals surface area contributed by atoms with Gasteiger partial charge in [0.05, 0.1) is 21.7 Å². The van der Waals surface area contributed by atoms with Crippen molar-refractivity contribution in [1.29, 1.82) is 0 Å². The van der Waals surface area contributed by atoms with Crippen molar-refractivity contribution in [2.24, 2.45) is 0 Å². The summed E-state index contributed by atoms with van der Waals surface area (Å²) < 4.78 is 5.69. The van der Waals surface area contributed by atoms with Gasteiger partial charge in [-0.15, -0.1) is 0 Å². The first-order valence-electron chi connectivity index (χ1n) is 6.22. The quantitative estimate of drug-likeness (QED) is 0.835. The molecule has 1 aromatic rings. The molecule has 0 spiro atoms. The zero-order chi connectivity index (χ0) is 13.8. The zero-order valence-electron chi connectivity index (χ0n) is 11.4. The summed E-state index contributed by atoms with van der Waals surface area (Å²) in [5.41, 5.74) is 0.668. The Hall–Kier alpha value is -0.280. The van der Waals surface area contributed by atoms with Crippen LogP contribution in [0.25, 0.3) is 0 Å². The second kappa shape index (κ2) is 6.76. The van der Waals surface area contributed by atoms with Crippen molar-refractivity contribution < 1.29 is 4.74 Å². The van der Waals surface area contributed by atoms with E-state index in [1.54, 1.807) is 13.2 Å². The van der Waals surface area contributed by atoms with Crippen LogP contribution >= 0.6 is 23.2 Å². The minimum atomic E-state index is -0.315. The van der Waals surface area contributed by atoms with Crippen molar-refractivity contribution in [3.05, 3.63) is 33.8 Å². The summed E-state index contributed by atoms with van der Waals surface area (Å²) in [6.07, 6.45) is 0.879. The lowest BCUT2D eigenvalue weighted by atomic mass is 9.87. The summed E-state index contributed by atoms with van der Waals surface area (Å²) in [4.78, 5) is 0. The summed E-state index contributed by atoms with van der Waals surface area (Å²) in [6, 6.07) is 5.73. The minimum absolute atomic E-state index is 0.0173. The molecule has 0 bridgehead atoms. The van der Waals surface area contributed by atoms with E-state index < -0.39 is 0 Å². The van der Waals surface area contributed by atoms with Crippen LogP contribution in [0, 0.1) is 0 Å². The van der Waals surface area contributed by atoms with Gasteiger partial charge in [-0.05, 0) is 31.5 Å². The molecule has 1 N–H and O–H groups in total. The van der Waals surface area contributed by atoms with Gasteiger partial charge in [-0.3, -0.25) is 0 Å². The third kappa shape index (κ3) is 3.18. The molecule has 0 fully saturated rings. The van der Waals surface area contributed by atoms with Crippen molar-refractivity contribution in [3.8, 4) is 0 Å². The number of methoxy groups -OCH3 is 1. The van der Waals surface area contributed by atoms with E-state index in [0.717, 1.165) is 18.5 Å². The summed E-state index contributed by atoms with van der Waals surface area (Å²) in [5, 5.41) is 4.62. The van der Waals surface area contributed by atoms with E-state index >= 15 is 0 Å². The maximum Gasteiger partial charge on any atom is 0.0842 e. The normalized spacial score (nSPS) is 16.3. The second-order valence-electron chi connectivity index (χ2n) is 4.50. The number of benzene rings is 1. The highest BCUT2D eigenvalue weighted by molar-refractivity contribution is 6.42. The van der Waals surface area contributed by atoms with Gasteiger partial charge in [-0.2, -0.15) is 0 Å². The van der Waals surface area contributed by atoms with Gasteiger partial charge in [0, 0.05) is 7.11 Å². The van der Waals surface area contributed by atoms with Gasteiger partial charge < -0.3 is 10.1 Å². The van der Waals surface area contributed by atoms with Gasteiger partial charge in [0.2, 0.25) is 0 Å². The first kappa shape index (κ1) is 15.8. The Morgan fingerprint density at radius 1 is 1.33 bits per heavy atom. The molecular formula is C14H21Cl2NO. The van der Waals surface area contributed by atoms with E-state index in [9.17, 15) is 0 Å². The van der Waals surface area contributed by atoms with Crippen molar-refractivity contribution in [1.82, 2.24) is 5.32 Å². The van der Waals surface area contributed by atoms with Crippen LogP contribution in [0.1, 0.15) is 38.8 Å². The van der Waals surface area contributed by atoms with Crippen molar-refractivity contribution in [2.75, 3.05) is 13.7 Å². The second-order valence-corrected chi connectivity index (χ2v) is 5.29. The molecular weight excluding hydrogens is 269 g/mol. The summed E-state index contributed by atoms with van der Waals surface area (Å²) >= 11 is 12.4. The van der Waals surface area contributed by atoms with Crippen LogP contribution in [-0.4, -0.2) is 19.3 Å². The standard InChI is InChI=1S/C14H21Cl2NO/c1-5-14(3,18-4)13(17-6-2)10-8-7-9-11(15)12(10)16/h7-9,13,17H,5-6H2,1-4H3. The molecule has 102 valence electrons. The Kier molecular flexibility index (Phi) is 5.93. The number of halogens is 2. The van der Waals surface area contributed by atoms with Crippen LogP contribution in [-0.2, 0) is 4.74 Å². The lowest BCUT2D eigenvalue weighted by Gasteiger charge is -2.37. The van der Waals surface area contributed by atoms with Gasteiger partial charge >= 0.3 is 0 Å². The first-order chi connectivity index (χ1) is 8.50. The molecule has 0 saturated heterocycles. The molecule has 4 heteroatoms. The molecule has 0 aliphatic rings. The average molecular weight is 290 g/mol. The maximum atomic E-state index is 6.32. The Balaban J connectivity index is 3.23. The molecule has 0 heterocycles. The molecule has 2 unspecified atom stereocenters. The summed E-state index contributed by atoms with van der Waals surface area (Å²) in [5.74, 6) is 0. The molecule has 0 amide bonds. The Morgan fingerprint density at radius 3 is 2.50 bits per heavy atom. The lowest BCUT2D eigenvalue weighted by molar-refractivity contribution is -0.0295. The number of rotatable bonds is 6. The van der Waals surface area contributed by atoms with E-state index in [1.165, 1.54) is 0 Å². The van der Waals surface area contributed by atoms with Crippen LogP contribution < -0.4 is 5.32 Å². The molecule has 1 aromatic carbocycles.